The van der Waals surface area contributed by atoms with Crippen molar-refractivity contribution in [2.75, 3.05) is 20.0 Å². The van der Waals surface area contributed by atoms with E-state index in [4.69, 9.17) is 5.26 Å². The lowest BCUT2D eigenvalue weighted by Gasteiger charge is -2.26. The first-order valence-electron chi connectivity index (χ1n) is 8.59. The number of rotatable bonds is 6. The number of nitrogens with one attached hydrogen (secondary N) is 1. The Morgan fingerprint density at radius 2 is 2.22 bits per heavy atom. The molecule has 0 bridgehead atoms. The summed E-state index contributed by atoms with van der Waals surface area (Å²) in [6.07, 6.45) is 3.20. The number of aliphatic hydroxyl groups excluding tert-OH is 1. The molecule has 0 radical (unpaired) electrons. The Morgan fingerprint density at radius 3 is 2.81 bits per heavy atom. The van der Waals surface area contributed by atoms with Gasteiger partial charge >= 0.3 is 0 Å². The van der Waals surface area contributed by atoms with Gasteiger partial charge in [0.1, 0.15) is 30.7 Å². The van der Waals surface area contributed by atoms with E-state index in [1.54, 1.807) is 16.8 Å². The van der Waals surface area contributed by atoms with Gasteiger partial charge in [-0.05, 0) is 30.9 Å². The molecule has 27 heavy (non-hydrogen) atoms. The summed E-state index contributed by atoms with van der Waals surface area (Å²) in [5, 5.41) is 24.8. The van der Waals surface area contributed by atoms with Crippen LogP contribution in [0.15, 0.2) is 18.3 Å². The van der Waals surface area contributed by atoms with Gasteiger partial charge in [0, 0.05) is 11.5 Å². The van der Waals surface area contributed by atoms with Crippen molar-refractivity contribution in [3.05, 3.63) is 41.0 Å². The molecule has 7 nitrogen and oxygen atoms in total. The normalized spacial score (nSPS) is 19.9. The highest BCUT2D eigenvalue weighted by atomic mass is 19.1. The first kappa shape index (κ1) is 17.5. The van der Waals surface area contributed by atoms with Crippen LogP contribution in [0.4, 0.5) is 8.78 Å². The van der Waals surface area contributed by atoms with E-state index in [9.17, 15) is 18.7 Å². The predicted molar refractivity (Wildman–Crippen MR) is 89.9 cm³/mol. The first-order chi connectivity index (χ1) is 13.1. The molecule has 1 amide bonds. The Balaban J connectivity index is 1.72. The molecular weight excluding hydrogens is 356 g/mol. The highest BCUT2D eigenvalue weighted by Crippen LogP contribution is 2.57. The molecule has 2 aromatic rings. The molecule has 2 aliphatic carbocycles. The molecular formula is C18H17F2N5O2. The van der Waals surface area contributed by atoms with Crippen molar-refractivity contribution in [3.8, 4) is 11.8 Å². The van der Waals surface area contributed by atoms with Crippen LogP contribution in [0.25, 0.3) is 5.69 Å². The van der Waals surface area contributed by atoms with Crippen LogP contribution in [0.1, 0.15) is 39.8 Å². The van der Waals surface area contributed by atoms with E-state index >= 15 is 0 Å². The number of alkyl halides is 2. The van der Waals surface area contributed by atoms with Crippen LogP contribution < -0.4 is 5.32 Å². The van der Waals surface area contributed by atoms with Crippen LogP contribution >= 0.6 is 0 Å². The van der Waals surface area contributed by atoms with Crippen molar-refractivity contribution in [1.82, 2.24) is 20.1 Å². The van der Waals surface area contributed by atoms with Crippen molar-refractivity contribution < 1.29 is 18.7 Å². The number of nitrogens with zero attached hydrogens (tertiary/aromatic N) is 4. The van der Waals surface area contributed by atoms with Crippen molar-refractivity contribution in [3.63, 3.8) is 0 Å². The number of aromatic nitrogens is 3. The van der Waals surface area contributed by atoms with Crippen molar-refractivity contribution in [2.24, 2.45) is 5.92 Å². The van der Waals surface area contributed by atoms with Crippen LogP contribution in [0.2, 0.25) is 0 Å². The van der Waals surface area contributed by atoms with Gasteiger partial charge in [0.25, 0.3) is 5.91 Å². The summed E-state index contributed by atoms with van der Waals surface area (Å²) in [5.74, 6) is 0.0407. The summed E-state index contributed by atoms with van der Waals surface area (Å²) < 4.78 is 28.0. The van der Waals surface area contributed by atoms with Gasteiger partial charge in [-0.15, -0.1) is 0 Å². The van der Waals surface area contributed by atoms with Gasteiger partial charge in [-0.1, -0.05) is 0 Å². The quantitative estimate of drug-likeness (QED) is 0.792. The molecule has 0 spiro atoms. The number of amides is 1. The van der Waals surface area contributed by atoms with Crippen LogP contribution in [-0.2, 0) is 6.42 Å². The number of carbonyl (C=O) groups excluding carboxylic acids is 1. The Morgan fingerprint density at radius 1 is 1.44 bits per heavy atom. The molecule has 1 saturated carbocycles. The SMILES string of the molecule is N#Cc1ccc(-n2nc(C(=O)NC(CO)(CF)CF)c3c2[C@@H]2C[C@@H]2C3)cn1. The first-order valence-corrected chi connectivity index (χ1v) is 8.59. The van der Waals surface area contributed by atoms with Crippen molar-refractivity contribution in [2.45, 2.75) is 24.3 Å². The molecule has 9 heteroatoms. The van der Waals surface area contributed by atoms with E-state index in [2.05, 4.69) is 15.4 Å². The van der Waals surface area contributed by atoms with Gasteiger partial charge in [-0.25, -0.2) is 18.4 Å². The van der Waals surface area contributed by atoms with E-state index in [1.807, 2.05) is 6.07 Å². The van der Waals surface area contributed by atoms with Crippen LogP contribution in [0.5, 0.6) is 0 Å². The topological polar surface area (TPSA) is 104 Å². The average molecular weight is 373 g/mol. The lowest BCUT2D eigenvalue weighted by molar-refractivity contribution is 0.0707. The fourth-order valence-electron chi connectivity index (χ4n) is 3.60. The molecule has 2 aliphatic rings. The van der Waals surface area contributed by atoms with Gasteiger partial charge in [-0.2, -0.15) is 10.4 Å². The number of hydrogen-bond donors (Lipinski definition) is 2. The number of carbonyl (C=O) groups is 1. The fourth-order valence-corrected chi connectivity index (χ4v) is 3.60. The monoisotopic (exact) mass is 373 g/mol. The number of aliphatic hydroxyl groups is 1. The predicted octanol–water partition coefficient (Wildman–Crippen LogP) is 1.20. The van der Waals surface area contributed by atoms with E-state index in [0.717, 1.165) is 17.7 Å². The highest BCUT2D eigenvalue weighted by Gasteiger charge is 2.50. The molecule has 2 aromatic heterocycles. The van der Waals surface area contributed by atoms with Gasteiger partial charge in [0.2, 0.25) is 0 Å². The van der Waals surface area contributed by atoms with Crippen LogP contribution in [0.3, 0.4) is 0 Å². The molecule has 0 saturated heterocycles. The van der Waals surface area contributed by atoms with Gasteiger partial charge in [0.15, 0.2) is 5.69 Å². The summed E-state index contributed by atoms with van der Waals surface area (Å²) in [5.41, 5.74) is 0.714. The molecule has 4 rings (SSSR count). The highest BCUT2D eigenvalue weighted by molar-refractivity contribution is 5.95. The van der Waals surface area contributed by atoms with Gasteiger partial charge in [0.05, 0.1) is 24.2 Å². The third-order valence-corrected chi connectivity index (χ3v) is 5.28. The molecule has 2 N–H and O–H groups in total. The maximum Gasteiger partial charge on any atom is 0.272 e. The number of pyridine rings is 1. The van der Waals surface area contributed by atoms with Crippen molar-refractivity contribution >= 4 is 5.91 Å². The maximum atomic E-state index is 13.2. The molecule has 2 atom stereocenters. The second kappa shape index (κ2) is 6.39. The molecule has 140 valence electrons. The zero-order valence-electron chi connectivity index (χ0n) is 14.3. The Hall–Kier alpha value is -2.86. The maximum absolute atomic E-state index is 13.2. The summed E-state index contributed by atoms with van der Waals surface area (Å²) in [7, 11) is 0. The molecule has 0 unspecified atom stereocenters. The zero-order valence-corrected chi connectivity index (χ0v) is 14.3. The summed E-state index contributed by atoms with van der Waals surface area (Å²) in [6.45, 7) is -3.29. The lowest BCUT2D eigenvalue weighted by atomic mass is 10.0. The van der Waals surface area contributed by atoms with E-state index < -0.39 is 31.4 Å². The third-order valence-electron chi connectivity index (χ3n) is 5.28. The van der Waals surface area contributed by atoms with Gasteiger partial charge in [-0.3, -0.25) is 4.79 Å². The van der Waals surface area contributed by atoms with Crippen molar-refractivity contribution in [1.29, 1.82) is 5.26 Å². The van der Waals surface area contributed by atoms with Gasteiger partial charge < -0.3 is 10.4 Å². The summed E-state index contributed by atoms with van der Waals surface area (Å²) in [6, 6.07) is 5.20. The van der Waals surface area contributed by atoms with Crippen LogP contribution in [-0.4, -0.2) is 51.3 Å². The Bertz CT molecular complexity index is 922. The number of nitriles is 1. The molecule has 2 heterocycles. The second-order valence-corrected chi connectivity index (χ2v) is 7.10. The van der Waals surface area contributed by atoms with E-state index in [1.165, 1.54) is 6.20 Å². The third kappa shape index (κ3) is 2.77. The minimum absolute atomic E-state index is 0.112. The van der Waals surface area contributed by atoms with E-state index in [0.29, 0.717) is 23.9 Å². The standard InChI is InChI=1S/C18H17F2N5O2/c19-7-18(8-20,9-26)23-17(27)15-14-4-10-3-13(10)16(14)25(24-15)12-2-1-11(5-21)22-6-12/h1-2,6,10,13,26H,3-4,7-9H2,(H,23,27)/t10-,13-/m1/s1. The number of fused-ring (bicyclic) bond motifs is 3. The van der Waals surface area contributed by atoms with E-state index in [-0.39, 0.29) is 11.4 Å². The lowest BCUT2D eigenvalue weighted by Crippen LogP contribution is -2.55. The largest absolute Gasteiger partial charge is 0.394 e. The summed E-state index contributed by atoms with van der Waals surface area (Å²) in [4.78, 5) is 16.7. The minimum Gasteiger partial charge on any atom is -0.394 e. The fraction of sp³-hybridized carbons (Fsp3) is 0.444. The summed E-state index contributed by atoms with van der Waals surface area (Å²) >= 11 is 0. The Kier molecular flexibility index (Phi) is 4.15. The number of hydrogen-bond acceptors (Lipinski definition) is 5. The molecule has 1 fully saturated rings. The second-order valence-electron chi connectivity index (χ2n) is 7.10. The Labute approximate surface area is 153 Å². The average Bonchev–Trinajstić information content (AvgIpc) is 3.21. The minimum atomic E-state index is -1.95. The van der Waals surface area contributed by atoms with Crippen LogP contribution in [0, 0.1) is 17.2 Å². The number of halogens is 2. The smallest absolute Gasteiger partial charge is 0.272 e. The molecule has 0 aliphatic heterocycles. The molecule has 0 aromatic carbocycles. The zero-order chi connectivity index (χ0) is 19.2.